The second kappa shape index (κ2) is 4.09. The van der Waals surface area contributed by atoms with Gasteiger partial charge in [-0.05, 0) is 32.6 Å². The fraction of sp³-hybridized carbons (Fsp3) is 0.900. The van der Waals surface area contributed by atoms with Crippen molar-refractivity contribution < 1.29 is 4.79 Å². The molecule has 2 N–H and O–H groups in total. The Kier molecular flexibility index (Phi) is 3.31. The number of carbonyl (C=O) groups is 1. The Balaban J connectivity index is 2.56. The molecule has 0 aromatic heterocycles. The number of likely N-dealkylation sites (tertiary alicyclic amines) is 1. The van der Waals surface area contributed by atoms with E-state index in [1.807, 2.05) is 4.90 Å². The first-order chi connectivity index (χ1) is 6.02. The van der Waals surface area contributed by atoms with Crippen LogP contribution in [0.15, 0.2) is 0 Å². The zero-order chi connectivity index (χ0) is 10.0. The van der Waals surface area contributed by atoms with Crippen LogP contribution in [0.5, 0.6) is 0 Å². The molecule has 1 rings (SSSR count). The summed E-state index contributed by atoms with van der Waals surface area (Å²) in [4.78, 5) is 13.5. The maximum Gasteiger partial charge on any atom is 0.239 e. The van der Waals surface area contributed by atoms with Crippen molar-refractivity contribution in [2.75, 3.05) is 6.54 Å². The van der Waals surface area contributed by atoms with Crippen molar-refractivity contribution in [1.29, 1.82) is 0 Å². The van der Waals surface area contributed by atoms with Gasteiger partial charge in [0, 0.05) is 12.6 Å². The number of carbonyl (C=O) groups excluding carboxylic acids is 1. The van der Waals surface area contributed by atoms with Crippen molar-refractivity contribution in [3.63, 3.8) is 0 Å². The molecule has 1 fully saturated rings. The molecule has 1 saturated heterocycles. The number of rotatable bonds is 1. The SMILES string of the molecule is CC1CCN(C(=O)[C@@H](C)N)C(C)C1. The highest BCUT2D eigenvalue weighted by Crippen LogP contribution is 2.22. The van der Waals surface area contributed by atoms with E-state index in [0.29, 0.717) is 6.04 Å². The molecule has 1 aliphatic heterocycles. The van der Waals surface area contributed by atoms with Crippen LogP contribution in [0, 0.1) is 5.92 Å². The average Bonchev–Trinajstić information content (AvgIpc) is 2.03. The third-order valence-corrected chi connectivity index (χ3v) is 2.81. The monoisotopic (exact) mass is 184 g/mol. The molecular weight excluding hydrogens is 164 g/mol. The van der Waals surface area contributed by atoms with E-state index in [4.69, 9.17) is 5.73 Å². The Morgan fingerprint density at radius 2 is 2.15 bits per heavy atom. The third kappa shape index (κ3) is 2.44. The van der Waals surface area contributed by atoms with Gasteiger partial charge in [0.2, 0.25) is 5.91 Å². The van der Waals surface area contributed by atoms with E-state index in [0.717, 1.165) is 25.3 Å². The quantitative estimate of drug-likeness (QED) is 0.660. The van der Waals surface area contributed by atoms with E-state index in [9.17, 15) is 4.79 Å². The van der Waals surface area contributed by atoms with Gasteiger partial charge in [0.1, 0.15) is 0 Å². The number of piperidine rings is 1. The predicted molar refractivity (Wildman–Crippen MR) is 53.2 cm³/mol. The van der Waals surface area contributed by atoms with Crippen LogP contribution in [-0.4, -0.2) is 29.4 Å². The summed E-state index contributed by atoms with van der Waals surface area (Å²) in [6.45, 7) is 6.98. The van der Waals surface area contributed by atoms with E-state index < -0.39 is 0 Å². The van der Waals surface area contributed by atoms with Crippen LogP contribution in [0.1, 0.15) is 33.6 Å². The first-order valence-corrected chi connectivity index (χ1v) is 5.08. The topological polar surface area (TPSA) is 46.3 Å². The maximum atomic E-state index is 11.6. The highest BCUT2D eigenvalue weighted by atomic mass is 16.2. The number of hydrogen-bond donors (Lipinski definition) is 1. The Labute approximate surface area is 80.3 Å². The molecule has 0 bridgehead atoms. The minimum atomic E-state index is -0.351. The van der Waals surface area contributed by atoms with Crippen molar-refractivity contribution in [3.05, 3.63) is 0 Å². The van der Waals surface area contributed by atoms with Gasteiger partial charge in [-0.15, -0.1) is 0 Å². The minimum Gasteiger partial charge on any atom is -0.339 e. The van der Waals surface area contributed by atoms with Crippen LogP contribution in [0.25, 0.3) is 0 Å². The lowest BCUT2D eigenvalue weighted by atomic mass is 9.93. The molecule has 0 aromatic rings. The smallest absolute Gasteiger partial charge is 0.239 e. The molecular formula is C10H20N2O. The zero-order valence-electron chi connectivity index (χ0n) is 8.79. The summed E-state index contributed by atoms with van der Waals surface area (Å²) in [7, 11) is 0. The third-order valence-electron chi connectivity index (χ3n) is 2.81. The number of nitrogens with two attached hydrogens (primary N) is 1. The molecule has 3 nitrogen and oxygen atoms in total. The lowest BCUT2D eigenvalue weighted by Gasteiger charge is -2.37. The molecule has 0 saturated carbocycles. The van der Waals surface area contributed by atoms with Gasteiger partial charge in [-0.2, -0.15) is 0 Å². The average molecular weight is 184 g/mol. The lowest BCUT2D eigenvalue weighted by Crippen LogP contribution is -2.49. The first-order valence-electron chi connectivity index (χ1n) is 5.08. The Morgan fingerprint density at radius 1 is 1.54 bits per heavy atom. The summed E-state index contributed by atoms with van der Waals surface area (Å²) >= 11 is 0. The van der Waals surface area contributed by atoms with Gasteiger partial charge in [-0.3, -0.25) is 4.79 Å². The van der Waals surface area contributed by atoms with Gasteiger partial charge < -0.3 is 10.6 Å². The van der Waals surface area contributed by atoms with Crippen molar-refractivity contribution in [3.8, 4) is 0 Å². The zero-order valence-corrected chi connectivity index (χ0v) is 8.79. The predicted octanol–water partition coefficient (Wildman–Crippen LogP) is 0.981. The standard InChI is InChI=1S/C10H20N2O/c1-7-4-5-12(8(2)6-7)10(13)9(3)11/h7-9H,4-6,11H2,1-3H3/t7?,8?,9-/m1/s1. The number of hydrogen-bond acceptors (Lipinski definition) is 2. The number of amides is 1. The molecule has 3 heteroatoms. The molecule has 1 amide bonds. The van der Waals surface area contributed by atoms with Crippen molar-refractivity contribution in [2.45, 2.75) is 45.7 Å². The van der Waals surface area contributed by atoms with E-state index in [2.05, 4.69) is 13.8 Å². The number of nitrogens with zero attached hydrogens (tertiary/aromatic N) is 1. The lowest BCUT2D eigenvalue weighted by molar-refractivity contribution is -0.136. The summed E-state index contributed by atoms with van der Waals surface area (Å²) in [5.74, 6) is 0.839. The Bertz CT molecular complexity index is 191. The van der Waals surface area contributed by atoms with Crippen molar-refractivity contribution in [1.82, 2.24) is 4.90 Å². The Hall–Kier alpha value is -0.570. The summed E-state index contributed by atoms with van der Waals surface area (Å²) in [6.07, 6.45) is 2.22. The van der Waals surface area contributed by atoms with Gasteiger partial charge in [0.25, 0.3) is 0 Å². The molecule has 0 spiro atoms. The van der Waals surface area contributed by atoms with Crippen LogP contribution in [-0.2, 0) is 4.79 Å². The molecule has 76 valence electrons. The van der Waals surface area contributed by atoms with Gasteiger partial charge in [-0.1, -0.05) is 6.92 Å². The molecule has 1 heterocycles. The summed E-state index contributed by atoms with van der Waals surface area (Å²) in [5.41, 5.74) is 5.57. The van der Waals surface area contributed by atoms with Crippen LogP contribution in [0.2, 0.25) is 0 Å². The van der Waals surface area contributed by atoms with Gasteiger partial charge in [-0.25, -0.2) is 0 Å². The summed E-state index contributed by atoms with van der Waals surface area (Å²) in [6, 6.07) is 0.0121. The van der Waals surface area contributed by atoms with Gasteiger partial charge >= 0.3 is 0 Å². The summed E-state index contributed by atoms with van der Waals surface area (Å²) in [5, 5.41) is 0. The molecule has 1 aliphatic rings. The highest BCUT2D eigenvalue weighted by molar-refractivity contribution is 5.81. The van der Waals surface area contributed by atoms with E-state index in [-0.39, 0.29) is 11.9 Å². The Morgan fingerprint density at radius 3 is 2.62 bits per heavy atom. The van der Waals surface area contributed by atoms with Crippen LogP contribution >= 0.6 is 0 Å². The normalized spacial score (nSPS) is 31.5. The highest BCUT2D eigenvalue weighted by Gasteiger charge is 2.27. The molecule has 2 unspecified atom stereocenters. The fourth-order valence-corrected chi connectivity index (χ4v) is 2.00. The second-order valence-electron chi connectivity index (χ2n) is 4.30. The van der Waals surface area contributed by atoms with Crippen molar-refractivity contribution in [2.24, 2.45) is 11.7 Å². The van der Waals surface area contributed by atoms with Crippen LogP contribution in [0.3, 0.4) is 0 Å². The fourth-order valence-electron chi connectivity index (χ4n) is 2.00. The van der Waals surface area contributed by atoms with Crippen LogP contribution < -0.4 is 5.73 Å². The second-order valence-corrected chi connectivity index (χ2v) is 4.30. The largest absolute Gasteiger partial charge is 0.339 e. The molecule has 3 atom stereocenters. The van der Waals surface area contributed by atoms with Crippen LogP contribution in [0.4, 0.5) is 0 Å². The van der Waals surface area contributed by atoms with Crippen molar-refractivity contribution >= 4 is 5.91 Å². The van der Waals surface area contributed by atoms with E-state index in [1.165, 1.54) is 0 Å². The maximum absolute atomic E-state index is 11.6. The minimum absolute atomic E-state index is 0.0967. The van der Waals surface area contributed by atoms with Gasteiger partial charge in [0.05, 0.1) is 6.04 Å². The van der Waals surface area contributed by atoms with E-state index in [1.54, 1.807) is 6.92 Å². The molecule has 0 radical (unpaired) electrons. The molecule has 13 heavy (non-hydrogen) atoms. The molecule has 0 aliphatic carbocycles. The van der Waals surface area contributed by atoms with Gasteiger partial charge in [0.15, 0.2) is 0 Å². The van der Waals surface area contributed by atoms with E-state index >= 15 is 0 Å². The molecule has 0 aromatic carbocycles. The summed E-state index contributed by atoms with van der Waals surface area (Å²) < 4.78 is 0. The first kappa shape index (κ1) is 10.5.